The van der Waals surface area contributed by atoms with Gasteiger partial charge in [-0.05, 0) is 98.1 Å². The van der Waals surface area contributed by atoms with E-state index in [2.05, 4.69) is 36.6 Å². The Kier molecular flexibility index (Phi) is 6.01. The summed E-state index contributed by atoms with van der Waals surface area (Å²) < 4.78 is 15.4. The number of amides is 2. The summed E-state index contributed by atoms with van der Waals surface area (Å²) in [5.74, 6) is -0.844. The first kappa shape index (κ1) is 22.4. The van der Waals surface area contributed by atoms with E-state index in [0.29, 0.717) is 10.5 Å². The van der Waals surface area contributed by atoms with E-state index >= 15 is 0 Å². The predicted octanol–water partition coefficient (Wildman–Crippen LogP) is 6.74. The number of rotatable bonds is 4. The Bertz CT molecular complexity index is 1300. The number of hydrogen-bond donors (Lipinski definition) is 0. The number of benzene rings is 2. The molecule has 32 heavy (non-hydrogen) atoms. The van der Waals surface area contributed by atoms with E-state index in [-0.39, 0.29) is 22.7 Å². The van der Waals surface area contributed by atoms with Crippen LogP contribution in [0.3, 0.4) is 0 Å². The summed E-state index contributed by atoms with van der Waals surface area (Å²) in [7, 11) is 0. The quantitative estimate of drug-likeness (QED) is 0.398. The van der Waals surface area contributed by atoms with Gasteiger partial charge in [0.15, 0.2) is 0 Å². The zero-order valence-electron chi connectivity index (χ0n) is 18.2. The molecule has 164 valence electrons. The van der Waals surface area contributed by atoms with Gasteiger partial charge in [0, 0.05) is 22.1 Å². The maximum absolute atomic E-state index is 13.3. The zero-order valence-corrected chi connectivity index (χ0v) is 19.8. The number of nitrogens with zero attached hydrogens (tertiary/aromatic N) is 2. The normalized spacial score (nSPS) is 15.3. The molecule has 1 fully saturated rings. The lowest BCUT2D eigenvalue weighted by Crippen LogP contribution is -2.27. The SMILES string of the molecule is Cc1ccc(-n2c(C)cc(/C=C3\SC(=O)N(Cc4ccc(F)cc4Cl)C3=O)c2C)cc1C. The predicted molar refractivity (Wildman–Crippen MR) is 128 cm³/mol. The first-order valence-electron chi connectivity index (χ1n) is 10.1. The average Bonchev–Trinajstić information content (AvgIpc) is 3.15. The van der Waals surface area contributed by atoms with Crippen LogP contribution in [-0.2, 0) is 11.3 Å². The summed E-state index contributed by atoms with van der Waals surface area (Å²) in [5.41, 5.74) is 6.91. The fourth-order valence-electron chi connectivity index (χ4n) is 3.79. The Hall–Kier alpha value is -2.83. The molecule has 0 bridgehead atoms. The van der Waals surface area contributed by atoms with Crippen molar-refractivity contribution in [3.63, 3.8) is 0 Å². The van der Waals surface area contributed by atoms with E-state index in [4.69, 9.17) is 11.6 Å². The van der Waals surface area contributed by atoms with Crippen molar-refractivity contribution in [2.75, 3.05) is 0 Å². The van der Waals surface area contributed by atoms with Crippen LogP contribution < -0.4 is 0 Å². The van der Waals surface area contributed by atoms with Gasteiger partial charge in [-0.25, -0.2) is 4.39 Å². The fraction of sp³-hybridized carbons (Fsp3) is 0.200. The molecule has 0 atom stereocenters. The Morgan fingerprint density at radius 2 is 1.75 bits per heavy atom. The van der Waals surface area contributed by atoms with Crippen molar-refractivity contribution in [3.8, 4) is 5.69 Å². The third kappa shape index (κ3) is 4.12. The lowest BCUT2D eigenvalue weighted by Gasteiger charge is -2.13. The second-order valence-electron chi connectivity index (χ2n) is 7.93. The van der Waals surface area contributed by atoms with E-state index in [0.717, 1.165) is 39.3 Å². The van der Waals surface area contributed by atoms with Gasteiger partial charge in [-0.2, -0.15) is 0 Å². The van der Waals surface area contributed by atoms with Crippen LogP contribution in [0.2, 0.25) is 5.02 Å². The van der Waals surface area contributed by atoms with Gasteiger partial charge in [-0.1, -0.05) is 23.7 Å². The summed E-state index contributed by atoms with van der Waals surface area (Å²) in [6.45, 7) is 8.17. The second-order valence-corrected chi connectivity index (χ2v) is 9.33. The number of carbonyl (C=O) groups excluding carboxylic acids is 2. The highest BCUT2D eigenvalue weighted by Crippen LogP contribution is 2.35. The summed E-state index contributed by atoms with van der Waals surface area (Å²) in [6.07, 6.45) is 1.76. The molecule has 2 aromatic carbocycles. The highest BCUT2D eigenvalue weighted by atomic mass is 35.5. The number of thioether (sulfide) groups is 1. The van der Waals surface area contributed by atoms with E-state index in [9.17, 15) is 14.0 Å². The lowest BCUT2D eigenvalue weighted by molar-refractivity contribution is -0.123. The monoisotopic (exact) mass is 468 g/mol. The highest BCUT2D eigenvalue weighted by Gasteiger charge is 2.35. The number of carbonyl (C=O) groups is 2. The third-order valence-corrected chi connectivity index (χ3v) is 6.98. The molecule has 2 heterocycles. The molecule has 7 heteroatoms. The largest absolute Gasteiger partial charge is 0.318 e. The summed E-state index contributed by atoms with van der Waals surface area (Å²) in [4.78, 5) is 27.0. The van der Waals surface area contributed by atoms with Crippen LogP contribution in [0, 0.1) is 33.5 Å². The molecule has 1 saturated heterocycles. The summed E-state index contributed by atoms with van der Waals surface area (Å²) in [6, 6.07) is 12.2. The first-order chi connectivity index (χ1) is 15.2. The molecule has 4 nitrogen and oxygen atoms in total. The smallest absolute Gasteiger partial charge is 0.293 e. The molecule has 0 spiro atoms. The molecule has 0 N–H and O–H groups in total. The van der Waals surface area contributed by atoms with Gasteiger partial charge >= 0.3 is 0 Å². The Labute approximate surface area is 195 Å². The molecule has 0 aliphatic carbocycles. The van der Waals surface area contributed by atoms with Gasteiger partial charge in [0.25, 0.3) is 11.1 Å². The van der Waals surface area contributed by atoms with Crippen molar-refractivity contribution in [2.24, 2.45) is 0 Å². The van der Waals surface area contributed by atoms with Crippen LogP contribution in [0.5, 0.6) is 0 Å². The maximum Gasteiger partial charge on any atom is 0.293 e. The van der Waals surface area contributed by atoms with Crippen LogP contribution in [-0.4, -0.2) is 20.6 Å². The van der Waals surface area contributed by atoms with Crippen LogP contribution in [0.4, 0.5) is 9.18 Å². The Morgan fingerprint density at radius 1 is 1.00 bits per heavy atom. The first-order valence-corrected chi connectivity index (χ1v) is 11.3. The van der Waals surface area contributed by atoms with Gasteiger partial charge in [-0.3, -0.25) is 14.5 Å². The minimum atomic E-state index is -0.466. The molecule has 0 saturated carbocycles. The van der Waals surface area contributed by atoms with Crippen molar-refractivity contribution >= 4 is 40.6 Å². The van der Waals surface area contributed by atoms with Gasteiger partial charge in [0.1, 0.15) is 5.82 Å². The molecular weight excluding hydrogens is 447 g/mol. The molecule has 0 unspecified atom stereocenters. The number of hydrogen-bond acceptors (Lipinski definition) is 3. The van der Waals surface area contributed by atoms with Gasteiger partial charge in [0.2, 0.25) is 0 Å². The molecule has 1 aromatic heterocycles. The van der Waals surface area contributed by atoms with Crippen molar-refractivity contribution in [1.29, 1.82) is 0 Å². The maximum atomic E-state index is 13.3. The minimum Gasteiger partial charge on any atom is -0.318 e. The molecule has 0 radical (unpaired) electrons. The molecule has 1 aliphatic heterocycles. The van der Waals surface area contributed by atoms with Crippen molar-refractivity contribution in [1.82, 2.24) is 9.47 Å². The van der Waals surface area contributed by atoms with Crippen LogP contribution in [0.25, 0.3) is 11.8 Å². The summed E-state index contributed by atoms with van der Waals surface area (Å²) in [5, 5.41) is -0.186. The van der Waals surface area contributed by atoms with Crippen LogP contribution >= 0.6 is 23.4 Å². The van der Waals surface area contributed by atoms with E-state index < -0.39 is 5.82 Å². The minimum absolute atomic E-state index is 0.00276. The lowest BCUT2D eigenvalue weighted by atomic mass is 10.1. The van der Waals surface area contributed by atoms with Gasteiger partial charge in [-0.15, -0.1) is 0 Å². The fourth-order valence-corrected chi connectivity index (χ4v) is 4.85. The van der Waals surface area contributed by atoms with Crippen molar-refractivity contribution in [3.05, 3.63) is 91.9 Å². The van der Waals surface area contributed by atoms with Crippen LogP contribution in [0.15, 0.2) is 47.4 Å². The van der Waals surface area contributed by atoms with Crippen molar-refractivity contribution in [2.45, 2.75) is 34.2 Å². The van der Waals surface area contributed by atoms with Gasteiger partial charge in [0.05, 0.1) is 11.4 Å². The molecule has 4 rings (SSSR count). The van der Waals surface area contributed by atoms with E-state index in [1.807, 2.05) is 19.9 Å². The standard InChI is InChI=1S/C25H22ClFN2O2S/c1-14-5-8-21(9-15(14)2)29-16(3)10-19(17(29)4)11-23-24(30)28(25(31)32-23)13-18-6-7-20(27)12-22(18)26/h5-12H,13H2,1-4H3/b23-11-. The number of aryl methyl sites for hydroxylation is 3. The Balaban J connectivity index is 1.64. The topological polar surface area (TPSA) is 42.3 Å². The molecular formula is C25H22ClFN2O2S. The third-order valence-electron chi connectivity index (χ3n) is 5.72. The molecule has 2 amide bonds. The molecule has 3 aromatic rings. The van der Waals surface area contributed by atoms with Gasteiger partial charge < -0.3 is 4.57 Å². The van der Waals surface area contributed by atoms with Crippen molar-refractivity contribution < 1.29 is 14.0 Å². The van der Waals surface area contributed by atoms with Crippen LogP contribution in [0.1, 0.15) is 33.6 Å². The van der Waals surface area contributed by atoms with E-state index in [1.54, 1.807) is 6.08 Å². The number of aromatic nitrogens is 1. The average molecular weight is 469 g/mol. The second kappa shape index (κ2) is 8.60. The summed E-state index contributed by atoms with van der Waals surface area (Å²) >= 11 is 6.98. The Morgan fingerprint density at radius 3 is 2.44 bits per heavy atom. The van der Waals surface area contributed by atoms with E-state index in [1.165, 1.54) is 29.3 Å². The number of imide groups is 1. The highest BCUT2D eigenvalue weighted by molar-refractivity contribution is 8.18. The number of halogens is 2. The zero-order chi connectivity index (χ0) is 23.2. The molecule has 1 aliphatic rings.